The standard InChI is InChI=1S/C10H18N2O4/c1-5-10(4,9(15)16)12-8(14)6(2)11-7(3)13/h6H,5H2,1-4H3,(H,11,13)(H,12,14)(H,15,16). The summed E-state index contributed by atoms with van der Waals surface area (Å²) in [5, 5.41) is 13.7. The average Bonchev–Trinajstić information content (AvgIpc) is 2.16. The van der Waals surface area contributed by atoms with Crippen molar-refractivity contribution >= 4 is 17.8 Å². The number of rotatable bonds is 5. The van der Waals surface area contributed by atoms with E-state index in [9.17, 15) is 14.4 Å². The fourth-order valence-corrected chi connectivity index (χ4v) is 1.04. The topological polar surface area (TPSA) is 95.5 Å². The van der Waals surface area contributed by atoms with Crippen LogP contribution in [0.2, 0.25) is 0 Å². The lowest BCUT2D eigenvalue weighted by atomic mass is 9.99. The highest BCUT2D eigenvalue weighted by molar-refractivity contribution is 5.91. The molecule has 6 heteroatoms. The van der Waals surface area contributed by atoms with Crippen LogP contribution in [0.5, 0.6) is 0 Å². The second-order valence-corrected chi connectivity index (χ2v) is 3.90. The van der Waals surface area contributed by atoms with Gasteiger partial charge in [0.25, 0.3) is 0 Å². The zero-order valence-corrected chi connectivity index (χ0v) is 9.96. The zero-order chi connectivity index (χ0) is 12.9. The highest BCUT2D eigenvalue weighted by atomic mass is 16.4. The van der Waals surface area contributed by atoms with Gasteiger partial charge in [-0.1, -0.05) is 6.92 Å². The first-order valence-corrected chi connectivity index (χ1v) is 5.05. The van der Waals surface area contributed by atoms with Gasteiger partial charge in [-0.25, -0.2) is 4.79 Å². The van der Waals surface area contributed by atoms with Crippen molar-refractivity contribution in [3.8, 4) is 0 Å². The van der Waals surface area contributed by atoms with Crippen molar-refractivity contribution in [2.24, 2.45) is 0 Å². The van der Waals surface area contributed by atoms with Crippen LogP contribution >= 0.6 is 0 Å². The molecule has 92 valence electrons. The van der Waals surface area contributed by atoms with Crippen molar-refractivity contribution in [3.63, 3.8) is 0 Å². The molecule has 0 heterocycles. The predicted molar refractivity (Wildman–Crippen MR) is 57.8 cm³/mol. The van der Waals surface area contributed by atoms with Gasteiger partial charge in [-0.3, -0.25) is 9.59 Å². The van der Waals surface area contributed by atoms with Gasteiger partial charge >= 0.3 is 5.97 Å². The second-order valence-electron chi connectivity index (χ2n) is 3.90. The van der Waals surface area contributed by atoms with Gasteiger partial charge in [0, 0.05) is 6.92 Å². The van der Waals surface area contributed by atoms with Crippen LogP contribution in [-0.4, -0.2) is 34.5 Å². The van der Waals surface area contributed by atoms with Crippen molar-refractivity contribution in [2.75, 3.05) is 0 Å². The molecule has 0 aromatic heterocycles. The molecule has 0 aliphatic rings. The van der Waals surface area contributed by atoms with E-state index in [1.165, 1.54) is 20.8 Å². The number of carbonyl (C=O) groups excluding carboxylic acids is 2. The number of carboxylic acids is 1. The Morgan fingerprint density at radius 3 is 2.19 bits per heavy atom. The highest BCUT2D eigenvalue weighted by Gasteiger charge is 2.34. The molecule has 6 nitrogen and oxygen atoms in total. The summed E-state index contributed by atoms with van der Waals surface area (Å²) in [5.74, 6) is -1.95. The quantitative estimate of drug-likeness (QED) is 0.613. The molecule has 0 saturated carbocycles. The minimum Gasteiger partial charge on any atom is -0.480 e. The Bertz CT molecular complexity index is 303. The molecule has 2 amide bonds. The molecule has 0 aliphatic carbocycles. The summed E-state index contributed by atoms with van der Waals surface area (Å²) in [6, 6.07) is -0.747. The Labute approximate surface area is 94.4 Å². The molecular weight excluding hydrogens is 212 g/mol. The minimum absolute atomic E-state index is 0.265. The maximum Gasteiger partial charge on any atom is 0.329 e. The Balaban J connectivity index is 4.53. The molecule has 2 unspecified atom stereocenters. The Hall–Kier alpha value is -1.59. The molecule has 0 aromatic rings. The molecule has 0 rings (SSSR count). The number of carboxylic acid groups (broad SMARTS) is 1. The molecule has 2 atom stereocenters. The van der Waals surface area contributed by atoms with Gasteiger partial charge in [-0.15, -0.1) is 0 Å². The van der Waals surface area contributed by atoms with Crippen molar-refractivity contribution in [2.45, 2.75) is 45.7 Å². The van der Waals surface area contributed by atoms with Crippen LogP contribution in [0.25, 0.3) is 0 Å². The summed E-state index contributed by atoms with van der Waals surface area (Å²) in [6.45, 7) is 5.87. The van der Waals surface area contributed by atoms with E-state index in [2.05, 4.69) is 10.6 Å². The smallest absolute Gasteiger partial charge is 0.329 e. The van der Waals surface area contributed by atoms with Gasteiger partial charge in [0.15, 0.2) is 0 Å². The van der Waals surface area contributed by atoms with E-state index in [0.29, 0.717) is 0 Å². The van der Waals surface area contributed by atoms with Crippen LogP contribution in [0, 0.1) is 0 Å². The van der Waals surface area contributed by atoms with Gasteiger partial charge in [0.2, 0.25) is 11.8 Å². The summed E-state index contributed by atoms with van der Waals surface area (Å²) >= 11 is 0. The first-order valence-electron chi connectivity index (χ1n) is 5.05. The summed E-state index contributed by atoms with van der Waals surface area (Å²) in [4.78, 5) is 33.2. The lowest BCUT2D eigenvalue weighted by molar-refractivity contribution is -0.147. The van der Waals surface area contributed by atoms with Crippen LogP contribution in [0.4, 0.5) is 0 Å². The molecule has 0 bridgehead atoms. The van der Waals surface area contributed by atoms with E-state index in [1.54, 1.807) is 6.92 Å². The number of carbonyl (C=O) groups is 3. The molecule has 3 N–H and O–H groups in total. The number of hydrogen-bond donors (Lipinski definition) is 3. The normalized spacial score (nSPS) is 15.8. The summed E-state index contributed by atoms with van der Waals surface area (Å²) in [7, 11) is 0. The van der Waals surface area contributed by atoms with Crippen molar-refractivity contribution in [1.29, 1.82) is 0 Å². The average molecular weight is 230 g/mol. The summed E-state index contributed by atoms with van der Waals surface area (Å²) in [6.07, 6.45) is 0.265. The molecule has 0 fully saturated rings. The van der Waals surface area contributed by atoms with E-state index in [4.69, 9.17) is 5.11 Å². The number of hydrogen-bond acceptors (Lipinski definition) is 3. The predicted octanol–water partition coefficient (Wildman–Crippen LogP) is -0.119. The zero-order valence-electron chi connectivity index (χ0n) is 9.96. The van der Waals surface area contributed by atoms with Crippen LogP contribution in [0.3, 0.4) is 0 Å². The molecule has 0 aliphatic heterocycles. The van der Waals surface area contributed by atoms with E-state index >= 15 is 0 Å². The monoisotopic (exact) mass is 230 g/mol. The lowest BCUT2D eigenvalue weighted by Gasteiger charge is -2.26. The molecule has 0 spiro atoms. The Morgan fingerprint density at radius 1 is 1.38 bits per heavy atom. The molecule has 16 heavy (non-hydrogen) atoms. The number of amides is 2. The van der Waals surface area contributed by atoms with Crippen molar-refractivity contribution < 1.29 is 19.5 Å². The highest BCUT2D eigenvalue weighted by Crippen LogP contribution is 2.09. The van der Waals surface area contributed by atoms with Crippen LogP contribution in [-0.2, 0) is 14.4 Å². The van der Waals surface area contributed by atoms with Gasteiger partial charge in [-0.05, 0) is 20.3 Å². The largest absolute Gasteiger partial charge is 0.480 e. The lowest BCUT2D eigenvalue weighted by Crippen LogP contribution is -2.56. The summed E-state index contributed by atoms with van der Waals surface area (Å²) < 4.78 is 0. The van der Waals surface area contributed by atoms with E-state index in [1.807, 2.05) is 0 Å². The van der Waals surface area contributed by atoms with E-state index in [0.717, 1.165) is 0 Å². The van der Waals surface area contributed by atoms with Crippen molar-refractivity contribution in [3.05, 3.63) is 0 Å². The Morgan fingerprint density at radius 2 is 1.88 bits per heavy atom. The van der Waals surface area contributed by atoms with Crippen LogP contribution in [0.1, 0.15) is 34.1 Å². The van der Waals surface area contributed by atoms with Gasteiger partial charge < -0.3 is 15.7 Å². The van der Waals surface area contributed by atoms with Gasteiger partial charge in [0.05, 0.1) is 0 Å². The maximum absolute atomic E-state index is 11.6. The number of aliphatic carboxylic acids is 1. The van der Waals surface area contributed by atoms with E-state index < -0.39 is 23.5 Å². The number of nitrogens with one attached hydrogen (secondary N) is 2. The van der Waals surface area contributed by atoms with Gasteiger partial charge in [-0.2, -0.15) is 0 Å². The summed E-state index contributed by atoms with van der Waals surface area (Å²) in [5.41, 5.74) is -1.30. The molecular formula is C10H18N2O4. The maximum atomic E-state index is 11.6. The minimum atomic E-state index is -1.30. The Kier molecular flexibility index (Phi) is 4.94. The second kappa shape index (κ2) is 5.48. The van der Waals surface area contributed by atoms with E-state index in [-0.39, 0.29) is 12.3 Å². The third-order valence-corrected chi connectivity index (χ3v) is 2.39. The molecule has 0 aromatic carbocycles. The molecule has 0 saturated heterocycles. The SMILES string of the molecule is CCC(C)(NC(=O)C(C)NC(C)=O)C(=O)O. The molecule has 0 radical (unpaired) electrons. The van der Waals surface area contributed by atoms with Crippen molar-refractivity contribution in [1.82, 2.24) is 10.6 Å². The first kappa shape index (κ1) is 14.4. The third-order valence-electron chi connectivity index (χ3n) is 2.39. The van der Waals surface area contributed by atoms with Crippen LogP contribution in [0.15, 0.2) is 0 Å². The fourth-order valence-electron chi connectivity index (χ4n) is 1.04. The van der Waals surface area contributed by atoms with Crippen LogP contribution < -0.4 is 10.6 Å². The fraction of sp³-hybridized carbons (Fsp3) is 0.700. The van der Waals surface area contributed by atoms with Gasteiger partial charge in [0.1, 0.15) is 11.6 Å². The first-order chi connectivity index (χ1) is 7.23. The third kappa shape index (κ3) is 3.88.